The number of rotatable bonds is 7. The van der Waals surface area contributed by atoms with E-state index in [1.165, 1.54) is 25.4 Å². The molecular formula is C23H24N2O4S. The van der Waals surface area contributed by atoms with Crippen molar-refractivity contribution in [1.82, 2.24) is 10.3 Å². The Hall–Kier alpha value is -3.19. The van der Waals surface area contributed by atoms with E-state index in [1.54, 1.807) is 42.6 Å². The third-order valence-corrected chi connectivity index (χ3v) is 7.15. The predicted octanol–water partition coefficient (Wildman–Crippen LogP) is 3.65. The molecular weight excluding hydrogens is 400 g/mol. The van der Waals surface area contributed by atoms with E-state index in [-0.39, 0.29) is 17.3 Å². The van der Waals surface area contributed by atoms with Crippen molar-refractivity contribution < 1.29 is 17.9 Å². The van der Waals surface area contributed by atoms with Crippen molar-refractivity contribution in [3.63, 3.8) is 0 Å². The van der Waals surface area contributed by atoms with Crippen molar-refractivity contribution in [1.29, 1.82) is 0 Å². The summed E-state index contributed by atoms with van der Waals surface area (Å²) in [5.74, 6) is 0.242. The number of aromatic nitrogens is 1. The van der Waals surface area contributed by atoms with E-state index in [1.807, 2.05) is 19.9 Å². The number of carbonyl (C=O) groups is 1. The molecule has 1 aromatic heterocycles. The molecule has 3 aromatic rings. The van der Waals surface area contributed by atoms with Crippen molar-refractivity contribution in [2.24, 2.45) is 0 Å². The number of nitrogens with zero attached hydrogens (tertiary/aromatic N) is 1. The highest BCUT2D eigenvalue weighted by atomic mass is 32.2. The van der Waals surface area contributed by atoms with Gasteiger partial charge < -0.3 is 10.1 Å². The average Bonchev–Trinajstić information content (AvgIpc) is 2.76. The Morgan fingerprint density at radius 3 is 2.40 bits per heavy atom. The second-order valence-corrected chi connectivity index (χ2v) is 9.14. The second-order valence-electron chi connectivity index (χ2n) is 7.00. The van der Waals surface area contributed by atoms with Gasteiger partial charge in [-0.05, 0) is 73.0 Å². The van der Waals surface area contributed by atoms with E-state index in [9.17, 15) is 13.2 Å². The molecule has 0 unspecified atom stereocenters. The number of hydrogen-bond donors (Lipinski definition) is 1. The molecule has 156 valence electrons. The van der Waals surface area contributed by atoms with Gasteiger partial charge in [0, 0.05) is 24.5 Å². The third-order valence-electron chi connectivity index (χ3n) is 5.04. The lowest BCUT2D eigenvalue weighted by Gasteiger charge is -2.19. The van der Waals surface area contributed by atoms with E-state index >= 15 is 0 Å². The predicted molar refractivity (Wildman–Crippen MR) is 115 cm³/mol. The van der Waals surface area contributed by atoms with Gasteiger partial charge in [-0.2, -0.15) is 0 Å². The van der Waals surface area contributed by atoms with Crippen LogP contribution in [0.4, 0.5) is 0 Å². The summed E-state index contributed by atoms with van der Waals surface area (Å²) in [6.45, 7) is 3.82. The number of methoxy groups -OCH3 is 1. The normalized spacial score (nSPS) is 12.2. The highest BCUT2D eigenvalue weighted by Crippen LogP contribution is 2.29. The van der Waals surface area contributed by atoms with Crippen LogP contribution in [0.15, 0.2) is 71.9 Å². The van der Waals surface area contributed by atoms with Crippen LogP contribution in [0.1, 0.15) is 32.3 Å². The molecule has 0 saturated carbocycles. The fourth-order valence-electron chi connectivity index (χ4n) is 3.07. The average molecular weight is 425 g/mol. The molecule has 1 atom stereocenters. The quantitative estimate of drug-likeness (QED) is 0.626. The molecule has 30 heavy (non-hydrogen) atoms. The first-order chi connectivity index (χ1) is 14.3. The van der Waals surface area contributed by atoms with Gasteiger partial charge in [0.15, 0.2) is 9.84 Å². The number of hydrogen-bond acceptors (Lipinski definition) is 5. The smallest absolute Gasteiger partial charge is 0.251 e. The number of benzene rings is 2. The standard InChI is InChI=1S/C23H24N2O4S/c1-16-6-7-18(13-17(16)2)23(26)25-15-22(19-5-4-12-24-14-19)30(27,28)21-10-8-20(29-3)9-11-21/h4-14,22H,15H2,1-3H3,(H,25,26)/t22-/m1/s1. The highest BCUT2D eigenvalue weighted by Gasteiger charge is 2.30. The van der Waals surface area contributed by atoms with Crippen LogP contribution in [0.5, 0.6) is 5.75 Å². The Bertz CT molecular complexity index is 1130. The lowest BCUT2D eigenvalue weighted by Crippen LogP contribution is -2.32. The Morgan fingerprint density at radius 1 is 1.07 bits per heavy atom. The topological polar surface area (TPSA) is 85.4 Å². The zero-order chi connectivity index (χ0) is 21.7. The Morgan fingerprint density at radius 2 is 1.80 bits per heavy atom. The molecule has 0 aliphatic rings. The first-order valence-electron chi connectivity index (χ1n) is 9.46. The Kier molecular flexibility index (Phi) is 6.52. The van der Waals surface area contributed by atoms with Gasteiger partial charge in [-0.15, -0.1) is 0 Å². The number of pyridine rings is 1. The molecule has 0 fully saturated rings. The maximum atomic E-state index is 13.4. The van der Waals surface area contributed by atoms with Crippen LogP contribution >= 0.6 is 0 Å². The second kappa shape index (κ2) is 9.09. The minimum Gasteiger partial charge on any atom is -0.497 e. The molecule has 0 aliphatic carbocycles. The molecule has 3 rings (SSSR count). The third kappa shape index (κ3) is 4.68. The number of sulfone groups is 1. The molecule has 2 aromatic carbocycles. The summed E-state index contributed by atoms with van der Waals surface area (Å²) < 4.78 is 31.8. The van der Waals surface area contributed by atoms with Crippen LogP contribution in [0.3, 0.4) is 0 Å². The molecule has 0 aliphatic heterocycles. The van der Waals surface area contributed by atoms with Crippen molar-refractivity contribution in [2.75, 3.05) is 13.7 Å². The molecule has 1 heterocycles. The fraction of sp³-hybridized carbons (Fsp3) is 0.217. The monoisotopic (exact) mass is 424 g/mol. The lowest BCUT2D eigenvalue weighted by molar-refractivity contribution is 0.0953. The molecule has 0 bridgehead atoms. The minimum absolute atomic E-state index is 0.0776. The Balaban J connectivity index is 1.89. The summed E-state index contributed by atoms with van der Waals surface area (Å²) in [7, 11) is -2.26. The van der Waals surface area contributed by atoms with Crippen LogP contribution in [0.2, 0.25) is 0 Å². The van der Waals surface area contributed by atoms with Crippen LogP contribution in [-0.4, -0.2) is 33.0 Å². The SMILES string of the molecule is COc1ccc(S(=O)(=O)[C@H](CNC(=O)c2ccc(C)c(C)c2)c2cccnc2)cc1. The number of amides is 1. The molecule has 1 N–H and O–H groups in total. The summed E-state index contributed by atoms with van der Waals surface area (Å²) in [4.78, 5) is 16.9. The van der Waals surface area contributed by atoms with Gasteiger partial charge in [-0.25, -0.2) is 8.42 Å². The first kappa shape index (κ1) is 21.5. The molecule has 1 amide bonds. The summed E-state index contributed by atoms with van der Waals surface area (Å²) in [6.07, 6.45) is 3.09. The maximum absolute atomic E-state index is 13.4. The maximum Gasteiger partial charge on any atom is 0.251 e. The van der Waals surface area contributed by atoms with E-state index in [4.69, 9.17) is 4.74 Å². The highest BCUT2D eigenvalue weighted by molar-refractivity contribution is 7.91. The van der Waals surface area contributed by atoms with Gasteiger partial charge in [-0.3, -0.25) is 9.78 Å². The van der Waals surface area contributed by atoms with Crippen LogP contribution in [0, 0.1) is 13.8 Å². The minimum atomic E-state index is -3.78. The van der Waals surface area contributed by atoms with E-state index in [0.717, 1.165) is 11.1 Å². The van der Waals surface area contributed by atoms with Crippen LogP contribution < -0.4 is 10.1 Å². The first-order valence-corrected chi connectivity index (χ1v) is 11.0. The van der Waals surface area contributed by atoms with Gasteiger partial charge in [0.2, 0.25) is 0 Å². The number of carbonyl (C=O) groups excluding carboxylic acids is 1. The fourth-order valence-corrected chi connectivity index (χ4v) is 4.72. The van der Waals surface area contributed by atoms with Gasteiger partial charge in [0.25, 0.3) is 5.91 Å². The lowest BCUT2D eigenvalue weighted by atomic mass is 10.1. The van der Waals surface area contributed by atoms with Crippen molar-refractivity contribution in [3.8, 4) is 5.75 Å². The van der Waals surface area contributed by atoms with Gasteiger partial charge in [-0.1, -0.05) is 12.1 Å². The summed E-state index contributed by atoms with van der Waals surface area (Å²) in [5, 5.41) is 1.80. The number of aryl methyl sites for hydroxylation is 2. The van der Waals surface area contributed by atoms with Gasteiger partial charge in [0.1, 0.15) is 11.0 Å². The zero-order valence-corrected chi connectivity index (χ0v) is 17.9. The molecule has 7 heteroatoms. The van der Waals surface area contributed by atoms with Crippen molar-refractivity contribution >= 4 is 15.7 Å². The summed E-state index contributed by atoms with van der Waals surface area (Å²) in [6, 6.07) is 15.0. The van der Waals surface area contributed by atoms with E-state index in [2.05, 4.69) is 10.3 Å². The number of ether oxygens (including phenoxy) is 1. The van der Waals surface area contributed by atoms with E-state index in [0.29, 0.717) is 16.9 Å². The van der Waals surface area contributed by atoms with Crippen molar-refractivity contribution in [2.45, 2.75) is 24.0 Å². The molecule has 0 radical (unpaired) electrons. The largest absolute Gasteiger partial charge is 0.497 e. The molecule has 6 nitrogen and oxygen atoms in total. The molecule has 0 spiro atoms. The van der Waals surface area contributed by atoms with Gasteiger partial charge in [0.05, 0.1) is 12.0 Å². The van der Waals surface area contributed by atoms with Gasteiger partial charge >= 0.3 is 0 Å². The molecule has 0 saturated heterocycles. The van der Waals surface area contributed by atoms with Crippen LogP contribution in [0.25, 0.3) is 0 Å². The summed E-state index contributed by atoms with van der Waals surface area (Å²) >= 11 is 0. The Labute approximate surface area is 176 Å². The number of nitrogens with one attached hydrogen (secondary N) is 1. The van der Waals surface area contributed by atoms with E-state index < -0.39 is 15.1 Å². The van der Waals surface area contributed by atoms with Crippen LogP contribution in [-0.2, 0) is 9.84 Å². The van der Waals surface area contributed by atoms with Crippen molar-refractivity contribution in [3.05, 3.63) is 89.2 Å². The zero-order valence-electron chi connectivity index (χ0n) is 17.1. The summed E-state index contributed by atoms with van der Waals surface area (Å²) in [5.41, 5.74) is 3.08.